The largest absolute Gasteiger partial charge is 0.480 e. The number of rotatable bonds is 10. The first-order chi connectivity index (χ1) is 14.1. The van der Waals surface area contributed by atoms with E-state index in [9.17, 15) is 14.7 Å². The van der Waals surface area contributed by atoms with Gasteiger partial charge in [-0.1, -0.05) is 21.6 Å². The Hall–Kier alpha value is -2.30. The first-order valence-corrected chi connectivity index (χ1v) is 10.7. The van der Waals surface area contributed by atoms with E-state index in [1.165, 1.54) is 29.4 Å². The smallest absolute Gasteiger partial charge is 0.327 e. The summed E-state index contributed by atoms with van der Waals surface area (Å²) in [6.45, 7) is 3.34. The number of aryl methyl sites for hydroxylation is 2. The zero-order valence-electron chi connectivity index (χ0n) is 17.3. The number of carbonyl (C=O) groups is 2. The third-order valence-corrected chi connectivity index (χ3v) is 6.19. The number of nitrogens with zero attached hydrogens (tertiary/aromatic N) is 3. The number of aliphatic carboxylic acids is 2. The van der Waals surface area contributed by atoms with Crippen LogP contribution in [0.5, 0.6) is 0 Å². The van der Waals surface area contributed by atoms with Crippen molar-refractivity contribution >= 4 is 44.9 Å². The molecule has 2 aromatic rings. The Morgan fingerprint density at radius 2 is 1.57 bits per heavy atom. The van der Waals surface area contributed by atoms with E-state index in [2.05, 4.69) is 9.97 Å². The summed E-state index contributed by atoms with van der Waals surface area (Å²) in [4.78, 5) is 32.9. The Bertz CT molecular complexity index is 843. The molecule has 4 N–H and O–H groups in total. The first kappa shape index (κ1) is 19.0. The molecule has 2 aromatic heterocycles. The molecule has 8 nitrogen and oxygen atoms in total. The van der Waals surface area contributed by atoms with E-state index in [0.717, 1.165) is 21.6 Å². The molecule has 0 fully saturated rings. The number of hydrogen-bond acceptors (Lipinski definition) is 8. The van der Waals surface area contributed by atoms with Gasteiger partial charge in [0.05, 0.1) is 25.5 Å². The maximum Gasteiger partial charge on any atom is 0.327 e. The van der Waals surface area contributed by atoms with Crippen LogP contribution in [0, 0.1) is 13.8 Å². The van der Waals surface area contributed by atoms with Gasteiger partial charge in [0, 0.05) is 23.9 Å². The quantitative estimate of drug-likeness (QED) is 0.386. The fourth-order valence-electron chi connectivity index (χ4n) is 2.33. The lowest BCUT2D eigenvalue weighted by Crippen LogP contribution is -2.41. The average molecular weight is 425 g/mol. The van der Waals surface area contributed by atoms with Crippen molar-refractivity contribution in [3.63, 3.8) is 0 Å². The van der Waals surface area contributed by atoms with Gasteiger partial charge in [0.25, 0.3) is 0 Å². The normalized spacial score (nSPS) is 14.0. The highest BCUT2D eigenvalue weighted by atomic mass is 33.1. The van der Waals surface area contributed by atoms with Gasteiger partial charge in [0.15, 0.2) is 0 Å². The molecule has 0 saturated carbocycles. The fourth-order valence-corrected chi connectivity index (χ4v) is 4.64. The summed E-state index contributed by atoms with van der Waals surface area (Å²) in [5.41, 5.74) is 6.94. The molecule has 2 heterocycles. The van der Waals surface area contributed by atoms with Gasteiger partial charge in [-0.05, 0) is 38.1 Å². The van der Waals surface area contributed by atoms with E-state index < -0.39 is 24.0 Å². The van der Waals surface area contributed by atoms with Gasteiger partial charge >= 0.3 is 11.9 Å². The summed E-state index contributed by atoms with van der Waals surface area (Å²) >= 11 is 0. The van der Waals surface area contributed by atoms with Crippen molar-refractivity contribution in [1.82, 2.24) is 9.97 Å². The van der Waals surface area contributed by atoms with Gasteiger partial charge in [-0.25, -0.2) is 4.79 Å². The molecule has 28 heavy (non-hydrogen) atoms. The second-order valence-electron chi connectivity index (χ2n) is 5.78. The van der Waals surface area contributed by atoms with E-state index >= 15 is 0 Å². The van der Waals surface area contributed by atoms with Crippen molar-refractivity contribution in [2.75, 3.05) is 16.4 Å². The molecule has 0 aliphatic rings. The third kappa shape index (κ3) is 5.60. The highest BCUT2D eigenvalue weighted by molar-refractivity contribution is 8.76. The molecule has 0 spiro atoms. The summed E-state index contributed by atoms with van der Waals surface area (Å²) in [6.07, 6.45) is 2.93. The van der Waals surface area contributed by atoms with Gasteiger partial charge in [0.1, 0.15) is 12.1 Å². The highest BCUT2D eigenvalue weighted by Gasteiger charge is 2.30. The second-order valence-corrected chi connectivity index (χ2v) is 8.34. The number of aromatic nitrogens is 2. The van der Waals surface area contributed by atoms with Gasteiger partial charge in [0.2, 0.25) is 0 Å². The van der Waals surface area contributed by atoms with Crippen LogP contribution in [0.25, 0.3) is 0 Å². The maximum absolute atomic E-state index is 12.2. The first-order valence-electron chi connectivity index (χ1n) is 9.24. The lowest BCUT2D eigenvalue weighted by molar-refractivity contribution is -0.138. The number of pyridine rings is 2. The third-order valence-electron chi connectivity index (χ3n) is 3.76. The van der Waals surface area contributed by atoms with Crippen molar-refractivity contribution in [2.45, 2.75) is 25.9 Å². The van der Waals surface area contributed by atoms with Crippen LogP contribution in [0.2, 0.25) is 0 Å². The minimum Gasteiger partial charge on any atom is -0.480 e. The summed E-state index contributed by atoms with van der Waals surface area (Å²) in [6, 6.07) is 0.850. The standard InChI is InChI=1S/C18H22N4O4S2/c1-11-14(5-3-7-20-11)22(15-6-4-8-21-12(15)2)16(18(25)26)10-28-27-9-13(19)17(23)24/h3-8,13,16H,9-10,19H2,1-2H3,(H,23,24)(H,25,26)/t13?,16-/m1/s1/i5D,6D. The van der Waals surface area contributed by atoms with Crippen LogP contribution in [0.3, 0.4) is 0 Å². The van der Waals surface area contributed by atoms with Crippen LogP contribution in [-0.4, -0.2) is 55.7 Å². The lowest BCUT2D eigenvalue weighted by atomic mass is 10.1. The monoisotopic (exact) mass is 424 g/mol. The molecule has 0 radical (unpaired) electrons. The number of hydrogen-bond donors (Lipinski definition) is 3. The number of anilines is 2. The summed E-state index contributed by atoms with van der Waals surface area (Å²) in [7, 11) is 2.32. The molecule has 2 rings (SSSR count). The lowest BCUT2D eigenvalue weighted by Gasteiger charge is -2.32. The van der Waals surface area contributed by atoms with Gasteiger partial charge in [-0.3, -0.25) is 14.8 Å². The molecule has 0 aromatic carbocycles. The topological polar surface area (TPSA) is 130 Å². The molecule has 0 aliphatic heterocycles. The van der Waals surface area contributed by atoms with E-state index in [1.807, 2.05) is 0 Å². The van der Waals surface area contributed by atoms with Crippen LogP contribution in [0.15, 0.2) is 36.6 Å². The van der Waals surface area contributed by atoms with E-state index in [1.54, 1.807) is 13.8 Å². The Morgan fingerprint density at radius 1 is 1.07 bits per heavy atom. The minimum atomic E-state index is -1.16. The van der Waals surface area contributed by atoms with E-state index in [0.29, 0.717) is 11.4 Å². The van der Waals surface area contributed by atoms with Crippen molar-refractivity contribution in [3.05, 3.63) is 48.0 Å². The molecular weight excluding hydrogens is 400 g/mol. The van der Waals surface area contributed by atoms with Crippen LogP contribution in [-0.2, 0) is 9.59 Å². The van der Waals surface area contributed by atoms with E-state index in [4.69, 9.17) is 13.6 Å². The van der Waals surface area contributed by atoms with Crippen LogP contribution < -0.4 is 10.6 Å². The molecule has 0 amide bonds. The summed E-state index contributed by atoms with van der Waals surface area (Å²) < 4.78 is 16.7. The second kappa shape index (κ2) is 10.3. The molecular formula is C18H22N4O4S2. The summed E-state index contributed by atoms with van der Waals surface area (Å²) in [5.74, 6) is -2.13. The van der Waals surface area contributed by atoms with Gasteiger partial charge in [-0.2, -0.15) is 0 Å². The zero-order chi connectivity index (χ0) is 22.4. The fraction of sp³-hybridized carbons (Fsp3) is 0.333. The average Bonchev–Trinajstić information content (AvgIpc) is 2.66. The van der Waals surface area contributed by atoms with Gasteiger partial charge in [-0.15, -0.1) is 0 Å². The van der Waals surface area contributed by atoms with Crippen LogP contribution in [0.1, 0.15) is 14.1 Å². The molecule has 10 heteroatoms. The number of carboxylic acid groups (broad SMARTS) is 2. The van der Waals surface area contributed by atoms with Crippen molar-refractivity contribution in [2.24, 2.45) is 5.73 Å². The Kier molecular flexibility index (Phi) is 7.00. The van der Waals surface area contributed by atoms with Crippen molar-refractivity contribution < 1.29 is 22.5 Å². The zero-order valence-corrected chi connectivity index (χ0v) is 17.0. The predicted octanol–water partition coefficient (Wildman–Crippen LogP) is 2.48. The molecule has 0 aliphatic carbocycles. The molecule has 1 unspecified atom stereocenters. The van der Waals surface area contributed by atoms with Crippen LogP contribution >= 0.6 is 21.6 Å². The van der Waals surface area contributed by atoms with Crippen molar-refractivity contribution in [3.8, 4) is 0 Å². The molecule has 0 saturated heterocycles. The Morgan fingerprint density at radius 3 is 2.00 bits per heavy atom. The van der Waals surface area contributed by atoms with Crippen molar-refractivity contribution in [1.29, 1.82) is 0 Å². The molecule has 150 valence electrons. The van der Waals surface area contributed by atoms with Crippen LogP contribution in [0.4, 0.5) is 11.4 Å². The highest BCUT2D eigenvalue weighted by Crippen LogP contribution is 2.34. The Labute approximate surface area is 173 Å². The maximum atomic E-state index is 12.2. The SMILES string of the molecule is [2H]c1ccnc(C)c1N(c1c([2H])ccnc1C)[C@H](CSSCC(N)C(=O)O)C(=O)O. The minimum absolute atomic E-state index is 0.0495. The predicted molar refractivity (Wildman–Crippen MR) is 112 cm³/mol. The summed E-state index contributed by atoms with van der Waals surface area (Å²) in [5, 5.41) is 18.9. The Balaban J connectivity index is 2.46. The number of nitrogens with two attached hydrogens (primary N) is 1. The molecule has 2 atom stereocenters. The molecule has 0 bridgehead atoms. The van der Waals surface area contributed by atoms with Gasteiger partial charge < -0.3 is 20.8 Å². The van der Waals surface area contributed by atoms with E-state index in [-0.39, 0.29) is 35.0 Å². The number of carboxylic acids is 2.